The zero-order chi connectivity index (χ0) is 24.5. The number of ether oxygens (including phenoxy) is 2. The van der Waals surface area contributed by atoms with Crippen LogP contribution in [0.3, 0.4) is 0 Å². The molecule has 0 aliphatic heterocycles. The minimum Gasteiger partial charge on any atom is -0.466 e. The van der Waals surface area contributed by atoms with Crippen molar-refractivity contribution in [2.24, 2.45) is 0 Å². The molecule has 1 aromatic carbocycles. The number of benzene rings is 1. The van der Waals surface area contributed by atoms with Gasteiger partial charge >= 0.3 is 11.9 Å². The highest BCUT2D eigenvalue weighted by Crippen LogP contribution is 2.40. The third-order valence-electron chi connectivity index (χ3n) is 6.67. The van der Waals surface area contributed by atoms with E-state index in [-0.39, 0.29) is 29.2 Å². The molecule has 0 radical (unpaired) electrons. The summed E-state index contributed by atoms with van der Waals surface area (Å²) in [5, 5.41) is 0.115. The van der Waals surface area contributed by atoms with Crippen LogP contribution in [0, 0.1) is 0 Å². The third-order valence-corrected chi connectivity index (χ3v) is 11.2. The molecular weight excluding hydrogens is 432 g/mol. The molecule has 33 heavy (non-hydrogen) atoms. The highest BCUT2D eigenvalue weighted by molar-refractivity contribution is 6.74. The van der Waals surface area contributed by atoms with Crippen LogP contribution in [0.15, 0.2) is 42.0 Å². The van der Waals surface area contributed by atoms with Gasteiger partial charge in [-0.15, -0.1) is 0 Å². The average molecular weight is 475 g/mol. The maximum absolute atomic E-state index is 12.6. The quantitative estimate of drug-likeness (QED) is 0.144. The maximum atomic E-state index is 12.6. The second kappa shape index (κ2) is 12.5. The smallest absolute Gasteiger partial charge is 0.338 e. The Balaban J connectivity index is 1.95. The van der Waals surface area contributed by atoms with Crippen LogP contribution in [0.2, 0.25) is 18.1 Å². The lowest BCUT2D eigenvalue weighted by Crippen LogP contribution is -2.44. The minimum absolute atomic E-state index is 0.000929. The fourth-order valence-electron chi connectivity index (χ4n) is 3.72. The third kappa shape index (κ3) is 8.74. The fourth-order valence-corrected chi connectivity index (χ4v) is 5.04. The van der Waals surface area contributed by atoms with Gasteiger partial charge in [0.25, 0.3) is 0 Å². The second-order valence-electron chi connectivity index (χ2n) is 10.4. The summed E-state index contributed by atoms with van der Waals surface area (Å²) < 4.78 is 17.6. The molecule has 0 bridgehead atoms. The van der Waals surface area contributed by atoms with Crippen molar-refractivity contribution in [1.82, 2.24) is 0 Å². The van der Waals surface area contributed by atoms with Crippen molar-refractivity contribution in [3.05, 3.63) is 47.5 Å². The number of carbonyl (C=O) groups excluding carboxylic acids is 2. The Kier molecular flexibility index (Phi) is 10.4. The first kappa shape index (κ1) is 27.3. The maximum Gasteiger partial charge on any atom is 0.338 e. The predicted octanol–water partition coefficient (Wildman–Crippen LogP) is 6.84. The molecule has 1 aromatic rings. The Bertz CT molecular complexity index is 794. The summed E-state index contributed by atoms with van der Waals surface area (Å²) in [7, 11) is -1.96. The highest BCUT2D eigenvalue weighted by Gasteiger charge is 2.41. The standard InChI is InChI=1S/C27H42O5Si/c1-7-30-25(28)18-14-9-8-11-17-22-19-23(31-26(29)21-15-12-10-13-16-21)20-24(22)32-33(5,6)27(2,3)4/h10,12-13,15-16,19,23-24H,7-9,11,14,17-18,20H2,1-6H3/t23-,24-/m0/s1. The minimum atomic E-state index is -1.96. The molecule has 6 heteroatoms. The van der Waals surface area contributed by atoms with Gasteiger partial charge in [-0.2, -0.15) is 0 Å². The Morgan fingerprint density at radius 1 is 1.03 bits per heavy atom. The van der Waals surface area contributed by atoms with Gasteiger partial charge in [0, 0.05) is 12.8 Å². The van der Waals surface area contributed by atoms with E-state index in [1.807, 2.05) is 25.1 Å². The van der Waals surface area contributed by atoms with Crippen molar-refractivity contribution in [3.8, 4) is 0 Å². The van der Waals surface area contributed by atoms with E-state index in [0.717, 1.165) is 32.1 Å². The summed E-state index contributed by atoms with van der Waals surface area (Å²) in [6, 6.07) is 9.14. The number of hydrogen-bond donors (Lipinski definition) is 0. The topological polar surface area (TPSA) is 61.8 Å². The number of hydrogen-bond acceptors (Lipinski definition) is 5. The van der Waals surface area contributed by atoms with Crippen molar-refractivity contribution in [3.63, 3.8) is 0 Å². The van der Waals surface area contributed by atoms with Crippen LogP contribution in [0.1, 0.15) is 83.0 Å². The number of unbranched alkanes of at least 4 members (excludes halogenated alkanes) is 3. The van der Waals surface area contributed by atoms with Crippen LogP contribution in [0.25, 0.3) is 0 Å². The first-order valence-corrected chi connectivity index (χ1v) is 15.2. The lowest BCUT2D eigenvalue weighted by Gasteiger charge is -2.39. The van der Waals surface area contributed by atoms with Gasteiger partial charge in [-0.1, -0.05) is 51.8 Å². The van der Waals surface area contributed by atoms with Gasteiger partial charge in [0.15, 0.2) is 8.32 Å². The van der Waals surface area contributed by atoms with Gasteiger partial charge in [0.1, 0.15) is 6.10 Å². The molecule has 0 heterocycles. The first-order valence-electron chi connectivity index (χ1n) is 12.3. The van der Waals surface area contributed by atoms with Crippen LogP contribution in [-0.4, -0.2) is 39.1 Å². The molecular formula is C27H42O5Si. The van der Waals surface area contributed by atoms with Crippen molar-refractivity contribution in [2.45, 2.75) is 103 Å². The molecule has 0 N–H and O–H groups in total. The van der Waals surface area contributed by atoms with E-state index in [1.54, 1.807) is 12.1 Å². The summed E-state index contributed by atoms with van der Waals surface area (Å²) >= 11 is 0. The van der Waals surface area contributed by atoms with Gasteiger partial charge in [-0.3, -0.25) is 4.79 Å². The van der Waals surface area contributed by atoms with Crippen molar-refractivity contribution in [1.29, 1.82) is 0 Å². The van der Waals surface area contributed by atoms with E-state index in [9.17, 15) is 9.59 Å². The molecule has 184 valence electrons. The molecule has 2 rings (SSSR count). The summed E-state index contributed by atoms with van der Waals surface area (Å²) in [6.07, 6.45) is 7.91. The summed E-state index contributed by atoms with van der Waals surface area (Å²) in [5.74, 6) is -0.398. The van der Waals surface area contributed by atoms with Crippen LogP contribution < -0.4 is 0 Å². The zero-order valence-electron chi connectivity index (χ0n) is 21.3. The van der Waals surface area contributed by atoms with Crippen LogP contribution in [0.5, 0.6) is 0 Å². The van der Waals surface area contributed by atoms with Crippen molar-refractivity contribution in [2.75, 3.05) is 6.61 Å². The molecule has 5 nitrogen and oxygen atoms in total. The summed E-state index contributed by atoms with van der Waals surface area (Å²) in [5.41, 5.74) is 1.82. The zero-order valence-corrected chi connectivity index (χ0v) is 22.3. The molecule has 0 fully saturated rings. The Morgan fingerprint density at radius 3 is 2.33 bits per heavy atom. The molecule has 0 spiro atoms. The van der Waals surface area contributed by atoms with E-state index in [1.165, 1.54) is 5.57 Å². The van der Waals surface area contributed by atoms with Gasteiger partial charge in [0.2, 0.25) is 0 Å². The highest BCUT2D eigenvalue weighted by atomic mass is 28.4. The molecule has 0 amide bonds. The monoisotopic (exact) mass is 474 g/mol. The van der Waals surface area contributed by atoms with E-state index in [0.29, 0.717) is 25.0 Å². The van der Waals surface area contributed by atoms with Gasteiger partial charge in [0.05, 0.1) is 18.3 Å². The van der Waals surface area contributed by atoms with E-state index in [2.05, 4.69) is 39.9 Å². The SMILES string of the molecule is CCOC(=O)CCCCCCC1=C[C@H](OC(=O)c2ccccc2)C[C@@H]1O[Si](C)(C)C(C)(C)C. The van der Waals surface area contributed by atoms with Crippen LogP contribution in [0.4, 0.5) is 0 Å². The van der Waals surface area contributed by atoms with Crippen LogP contribution in [-0.2, 0) is 18.7 Å². The first-order chi connectivity index (χ1) is 15.5. The fraction of sp³-hybridized carbons (Fsp3) is 0.630. The van der Waals surface area contributed by atoms with E-state index < -0.39 is 8.32 Å². The summed E-state index contributed by atoms with van der Waals surface area (Å²) in [4.78, 5) is 24.1. The van der Waals surface area contributed by atoms with E-state index in [4.69, 9.17) is 13.9 Å². The Labute approximate surface area is 201 Å². The largest absolute Gasteiger partial charge is 0.466 e. The predicted molar refractivity (Wildman–Crippen MR) is 135 cm³/mol. The normalized spacial score (nSPS) is 18.7. The summed E-state index contributed by atoms with van der Waals surface area (Å²) in [6.45, 7) is 13.5. The molecule has 0 aromatic heterocycles. The van der Waals surface area contributed by atoms with Crippen molar-refractivity contribution < 1.29 is 23.5 Å². The molecule has 0 unspecified atom stereocenters. The van der Waals surface area contributed by atoms with Gasteiger partial charge in [-0.25, -0.2) is 4.79 Å². The molecule has 0 saturated heterocycles. The second-order valence-corrected chi connectivity index (χ2v) is 15.1. The Hall–Kier alpha value is -1.92. The van der Waals surface area contributed by atoms with Gasteiger partial charge in [-0.05, 0) is 68.1 Å². The van der Waals surface area contributed by atoms with Crippen LogP contribution >= 0.6 is 0 Å². The molecule has 1 aliphatic rings. The lowest BCUT2D eigenvalue weighted by molar-refractivity contribution is -0.143. The Morgan fingerprint density at radius 2 is 1.70 bits per heavy atom. The lowest BCUT2D eigenvalue weighted by atomic mass is 10.0. The van der Waals surface area contributed by atoms with E-state index >= 15 is 0 Å². The number of carbonyl (C=O) groups is 2. The average Bonchev–Trinajstić information content (AvgIpc) is 3.10. The molecule has 0 saturated carbocycles. The van der Waals surface area contributed by atoms with Crippen molar-refractivity contribution >= 4 is 20.3 Å². The van der Waals surface area contributed by atoms with Gasteiger partial charge < -0.3 is 13.9 Å². The molecule has 1 aliphatic carbocycles. The molecule has 2 atom stereocenters. The number of esters is 2. The number of rotatable bonds is 12.